The van der Waals surface area contributed by atoms with Gasteiger partial charge in [0, 0.05) is 5.02 Å². The van der Waals surface area contributed by atoms with Crippen LogP contribution in [-0.2, 0) is 0 Å². The van der Waals surface area contributed by atoms with Gasteiger partial charge in [-0.15, -0.1) is 0 Å². The van der Waals surface area contributed by atoms with Gasteiger partial charge >= 0.3 is 0 Å². The molecule has 0 atom stereocenters. The second-order valence-electron chi connectivity index (χ2n) is 4.01. The van der Waals surface area contributed by atoms with E-state index in [0.29, 0.717) is 16.5 Å². The molecule has 0 aliphatic heterocycles. The highest BCUT2D eigenvalue weighted by Gasteiger charge is 2.20. The Balaban J connectivity index is 2.61. The molecule has 0 aromatic heterocycles. The van der Waals surface area contributed by atoms with E-state index >= 15 is 0 Å². The van der Waals surface area contributed by atoms with Crippen molar-refractivity contribution in [3.63, 3.8) is 0 Å². The minimum absolute atomic E-state index is 0.141. The van der Waals surface area contributed by atoms with Gasteiger partial charge in [0.2, 0.25) is 0 Å². The van der Waals surface area contributed by atoms with Gasteiger partial charge in [0.1, 0.15) is 18.1 Å². The van der Waals surface area contributed by atoms with E-state index in [1.165, 1.54) is 0 Å². The summed E-state index contributed by atoms with van der Waals surface area (Å²) in [7, 11) is 0. The number of halogens is 1. The second kappa shape index (κ2) is 5.18. The van der Waals surface area contributed by atoms with Gasteiger partial charge in [0.05, 0.1) is 5.54 Å². The summed E-state index contributed by atoms with van der Waals surface area (Å²) < 4.78 is 5.41. The molecular weight excluding hydrogens is 228 g/mol. The SMILES string of the molecule is CC(C)(N)C(COc1ccc(Cl)cc1)=NO. The van der Waals surface area contributed by atoms with Crippen LogP contribution < -0.4 is 10.5 Å². The van der Waals surface area contributed by atoms with Gasteiger partial charge in [-0.25, -0.2) is 0 Å². The van der Waals surface area contributed by atoms with Crippen LogP contribution >= 0.6 is 11.6 Å². The van der Waals surface area contributed by atoms with Crippen LogP contribution in [0.25, 0.3) is 0 Å². The van der Waals surface area contributed by atoms with Crippen LogP contribution in [0, 0.1) is 0 Å². The Labute approximate surface area is 99.7 Å². The maximum atomic E-state index is 8.79. The van der Waals surface area contributed by atoms with Crippen LogP contribution in [0.15, 0.2) is 29.4 Å². The predicted octanol–water partition coefficient (Wildman–Crippen LogP) is 2.29. The number of rotatable bonds is 4. The highest BCUT2D eigenvalue weighted by atomic mass is 35.5. The molecule has 0 fully saturated rings. The fraction of sp³-hybridized carbons (Fsp3) is 0.364. The number of nitrogens with two attached hydrogens (primary N) is 1. The smallest absolute Gasteiger partial charge is 0.132 e. The summed E-state index contributed by atoms with van der Waals surface area (Å²) in [5.74, 6) is 0.648. The maximum Gasteiger partial charge on any atom is 0.132 e. The fourth-order valence-corrected chi connectivity index (χ4v) is 1.15. The van der Waals surface area contributed by atoms with Gasteiger partial charge in [-0.05, 0) is 38.1 Å². The van der Waals surface area contributed by atoms with Gasteiger partial charge in [-0.2, -0.15) is 0 Å². The Hall–Kier alpha value is -1.26. The number of ether oxygens (including phenoxy) is 1. The van der Waals surface area contributed by atoms with Crippen molar-refractivity contribution in [1.82, 2.24) is 0 Å². The minimum Gasteiger partial charge on any atom is -0.487 e. The zero-order valence-electron chi connectivity index (χ0n) is 9.27. The molecule has 0 bridgehead atoms. The van der Waals surface area contributed by atoms with E-state index < -0.39 is 5.54 Å². The van der Waals surface area contributed by atoms with Crippen LogP contribution in [0.1, 0.15) is 13.8 Å². The lowest BCUT2D eigenvalue weighted by Gasteiger charge is -2.20. The standard InChI is InChI=1S/C11H15ClN2O2/c1-11(2,13)10(14-15)7-16-9-5-3-8(12)4-6-9/h3-6,15H,7,13H2,1-2H3. The van der Waals surface area contributed by atoms with E-state index in [1.807, 2.05) is 0 Å². The van der Waals surface area contributed by atoms with Crippen molar-refractivity contribution in [3.8, 4) is 5.75 Å². The monoisotopic (exact) mass is 242 g/mol. The lowest BCUT2D eigenvalue weighted by molar-refractivity contribution is 0.299. The molecule has 0 radical (unpaired) electrons. The van der Waals surface area contributed by atoms with Crippen molar-refractivity contribution in [3.05, 3.63) is 29.3 Å². The van der Waals surface area contributed by atoms with Gasteiger partial charge in [-0.1, -0.05) is 16.8 Å². The molecule has 0 unspecified atom stereocenters. The molecule has 0 aliphatic carbocycles. The maximum absolute atomic E-state index is 8.79. The van der Waals surface area contributed by atoms with Crippen LogP contribution in [-0.4, -0.2) is 23.1 Å². The molecule has 5 heteroatoms. The average Bonchev–Trinajstić information content (AvgIpc) is 2.19. The van der Waals surface area contributed by atoms with Crippen molar-refractivity contribution >= 4 is 17.3 Å². The highest BCUT2D eigenvalue weighted by Crippen LogP contribution is 2.16. The first kappa shape index (κ1) is 12.8. The van der Waals surface area contributed by atoms with E-state index in [0.717, 1.165) is 0 Å². The third kappa shape index (κ3) is 3.72. The summed E-state index contributed by atoms with van der Waals surface area (Å²) in [6, 6.07) is 6.92. The normalized spacial score (nSPS) is 12.6. The van der Waals surface area contributed by atoms with Crippen molar-refractivity contribution in [1.29, 1.82) is 0 Å². The summed E-state index contributed by atoms with van der Waals surface area (Å²) in [5.41, 5.74) is 5.46. The number of hydrogen-bond acceptors (Lipinski definition) is 4. The highest BCUT2D eigenvalue weighted by molar-refractivity contribution is 6.30. The van der Waals surface area contributed by atoms with E-state index in [1.54, 1.807) is 38.1 Å². The van der Waals surface area contributed by atoms with Crippen molar-refractivity contribution < 1.29 is 9.94 Å². The lowest BCUT2D eigenvalue weighted by Crippen LogP contribution is -2.44. The topological polar surface area (TPSA) is 67.8 Å². The second-order valence-corrected chi connectivity index (χ2v) is 4.45. The van der Waals surface area contributed by atoms with Crippen molar-refractivity contribution in [2.45, 2.75) is 19.4 Å². The first-order valence-electron chi connectivity index (χ1n) is 4.82. The fourth-order valence-electron chi connectivity index (χ4n) is 1.03. The van der Waals surface area contributed by atoms with Crippen molar-refractivity contribution in [2.24, 2.45) is 10.9 Å². The van der Waals surface area contributed by atoms with Gasteiger partial charge in [-0.3, -0.25) is 0 Å². The van der Waals surface area contributed by atoms with E-state index in [4.69, 9.17) is 27.3 Å². The molecule has 0 saturated heterocycles. The molecule has 0 amide bonds. The molecule has 16 heavy (non-hydrogen) atoms. The Morgan fingerprint density at radius 1 is 1.44 bits per heavy atom. The zero-order valence-corrected chi connectivity index (χ0v) is 10.0. The van der Waals surface area contributed by atoms with Gasteiger partial charge < -0.3 is 15.7 Å². The van der Waals surface area contributed by atoms with Gasteiger partial charge in [0.25, 0.3) is 0 Å². The molecular formula is C11H15ClN2O2. The molecule has 0 spiro atoms. The molecule has 0 heterocycles. The van der Waals surface area contributed by atoms with Crippen LogP contribution in [0.2, 0.25) is 5.02 Å². The van der Waals surface area contributed by atoms with Crippen molar-refractivity contribution in [2.75, 3.05) is 6.61 Å². The number of hydrogen-bond donors (Lipinski definition) is 2. The summed E-state index contributed by atoms with van der Waals surface area (Å²) in [6.45, 7) is 3.63. The molecule has 1 rings (SSSR count). The number of oxime groups is 1. The zero-order chi connectivity index (χ0) is 12.2. The lowest BCUT2D eigenvalue weighted by atomic mass is 10.0. The van der Waals surface area contributed by atoms with Crippen LogP contribution in [0.4, 0.5) is 0 Å². The summed E-state index contributed by atoms with van der Waals surface area (Å²) in [5, 5.41) is 12.6. The quantitative estimate of drug-likeness (QED) is 0.484. The van der Waals surface area contributed by atoms with E-state index in [2.05, 4.69) is 5.16 Å². The molecule has 4 nitrogen and oxygen atoms in total. The predicted molar refractivity (Wildman–Crippen MR) is 64.4 cm³/mol. The Kier molecular flexibility index (Phi) is 4.15. The third-order valence-corrected chi connectivity index (χ3v) is 2.31. The van der Waals surface area contributed by atoms with E-state index in [-0.39, 0.29) is 6.61 Å². The number of nitrogens with zero attached hydrogens (tertiary/aromatic N) is 1. The first-order chi connectivity index (χ1) is 7.43. The third-order valence-electron chi connectivity index (χ3n) is 2.05. The van der Waals surface area contributed by atoms with Crippen LogP contribution in [0.3, 0.4) is 0 Å². The first-order valence-corrected chi connectivity index (χ1v) is 5.20. The molecule has 88 valence electrons. The van der Waals surface area contributed by atoms with E-state index in [9.17, 15) is 0 Å². The Morgan fingerprint density at radius 2 is 2.00 bits per heavy atom. The largest absolute Gasteiger partial charge is 0.487 e. The summed E-state index contributed by atoms with van der Waals surface area (Å²) in [6.07, 6.45) is 0. The van der Waals surface area contributed by atoms with Crippen LogP contribution in [0.5, 0.6) is 5.75 Å². The summed E-state index contributed by atoms with van der Waals surface area (Å²) in [4.78, 5) is 0. The minimum atomic E-state index is -0.707. The average molecular weight is 243 g/mol. The molecule has 1 aromatic carbocycles. The Morgan fingerprint density at radius 3 is 2.44 bits per heavy atom. The molecule has 0 aliphatic rings. The molecule has 3 N–H and O–H groups in total. The van der Waals surface area contributed by atoms with Gasteiger partial charge in [0.15, 0.2) is 0 Å². The summed E-state index contributed by atoms with van der Waals surface area (Å²) >= 11 is 5.73. The number of benzene rings is 1. The molecule has 0 saturated carbocycles. The molecule has 1 aromatic rings. The Bertz CT molecular complexity index is 369.